The fraction of sp³-hybridized carbons (Fsp3) is 0.531. The van der Waals surface area contributed by atoms with Crippen LogP contribution >= 0.6 is 0 Å². The van der Waals surface area contributed by atoms with Gasteiger partial charge in [0.2, 0.25) is 11.7 Å². The fourth-order valence-electron chi connectivity index (χ4n) is 8.99. The van der Waals surface area contributed by atoms with E-state index in [0.717, 1.165) is 16.5 Å². The Morgan fingerprint density at radius 1 is 1.18 bits per heavy atom. The Morgan fingerprint density at radius 2 is 1.95 bits per heavy atom. The number of ether oxygens (including phenoxy) is 1. The largest absolute Gasteiger partial charge is 0.663 e. The average molecular weight is 528 g/mol. The maximum atomic E-state index is 14.6. The van der Waals surface area contributed by atoms with E-state index in [-0.39, 0.29) is 65.5 Å². The molecule has 3 aliphatic carbocycles. The number of nitrogens with one attached hydrogen (secondary N) is 1. The summed E-state index contributed by atoms with van der Waals surface area (Å²) < 4.78 is 6.35. The predicted molar refractivity (Wildman–Crippen MR) is 145 cm³/mol. The second-order valence-corrected chi connectivity index (χ2v) is 12.8. The summed E-state index contributed by atoms with van der Waals surface area (Å²) >= 11 is 0. The van der Waals surface area contributed by atoms with E-state index in [4.69, 9.17) is 4.74 Å². The number of para-hydroxylation sites is 1. The topological polar surface area (TPSA) is 110 Å². The van der Waals surface area contributed by atoms with E-state index in [9.17, 15) is 19.5 Å². The lowest BCUT2D eigenvalue weighted by molar-refractivity contribution is -0.150. The number of fused-ring (bicyclic) bond motifs is 4. The summed E-state index contributed by atoms with van der Waals surface area (Å²) in [4.78, 5) is 46.7. The Balaban J connectivity index is 1.34. The van der Waals surface area contributed by atoms with Crippen molar-refractivity contribution in [1.29, 1.82) is 0 Å². The number of aromatic nitrogens is 1. The van der Waals surface area contributed by atoms with Crippen molar-refractivity contribution in [2.45, 2.75) is 64.7 Å². The third-order valence-corrected chi connectivity index (χ3v) is 11.1. The van der Waals surface area contributed by atoms with Gasteiger partial charge in [-0.3, -0.25) is 14.4 Å². The molecule has 1 amide bonds. The molecule has 3 heterocycles. The van der Waals surface area contributed by atoms with Gasteiger partial charge < -0.3 is 20.1 Å². The minimum absolute atomic E-state index is 0.0484. The zero-order valence-electron chi connectivity index (χ0n) is 22.8. The van der Waals surface area contributed by atoms with Gasteiger partial charge in [-0.25, -0.2) is 0 Å². The van der Waals surface area contributed by atoms with Gasteiger partial charge in [-0.1, -0.05) is 55.8 Å². The van der Waals surface area contributed by atoms with Crippen LogP contribution in [-0.2, 0) is 25.5 Å². The summed E-state index contributed by atoms with van der Waals surface area (Å²) in [6.45, 7) is 8.07. The zero-order chi connectivity index (χ0) is 27.4. The monoisotopic (exact) mass is 527 g/mol. The lowest BCUT2D eigenvalue weighted by Crippen LogP contribution is -2.58. The number of carbonyl (C=O) groups excluding carboxylic acids is 3. The van der Waals surface area contributed by atoms with Crippen LogP contribution in [-0.4, -0.2) is 40.3 Å². The standard InChI is InChI=1S/C32H35N2O5/c1-15-8-7-10-21-29-31(4,39-29)17(3)26-23(12-18-14-33-22-11-6-5-9-19(18)22)34-30(38)32(21,26)24(35)13-20-25(15)16(2)27(36)28(20)37/h5-7,9-11,14-15,17,20-21,23,25-26,29,36H,8,12-13H2,1-4H3,(H,34,38)/q-1/b10-7-/t15-,17-,20+,21-,23-,25-,26-,29-,31+,32+/m0/s1. The minimum Gasteiger partial charge on any atom is -0.663 e. The van der Waals surface area contributed by atoms with Crippen LogP contribution < -0.4 is 10.3 Å². The molecule has 0 radical (unpaired) electrons. The molecule has 1 saturated carbocycles. The molecule has 2 saturated heterocycles. The van der Waals surface area contributed by atoms with Gasteiger partial charge in [0.15, 0.2) is 5.76 Å². The van der Waals surface area contributed by atoms with Gasteiger partial charge in [-0.2, -0.15) is 6.20 Å². The van der Waals surface area contributed by atoms with Crippen molar-refractivity contribution < 1.29 is 24.2 Å². The van der Waals surface area contributed by atoms with Crippen molar-refractivity contribution in [3.05, 3.63) is 59.5 Å². The van der Waals surface area contributed by atoms with Crippen LogP contribution in [0.25, 0.3) is 10.9 Å². The molecule has 1 aromatic carbocycles. The van der Waals surface area contributed by atoms with Gasteiger partial charge in [-0.05, 0) is 55.4 Å². The maximum absolute atomic E-state index is 14.6. The number of amides is 1. The Hall–Kier alpha value is -3.19. The Morgan fingerprint density at radius 3 is 2.74 bits per heavy atom. The number of aliphatic hydroxyl groups is 1. The smallest absolute Gasteiger partial charge is 0.235 e. The first-order valence-corrected chi connectivity index (χ1v) is 14.2. The van der Waals surface area contributed by atoms with Crippen LogP contribution in [0.4, 0.5) is 0 Å². The predicted octanol–water partition coefficient (Wildman–Crippen LogP) is 4.07. The van der Waals surface area contributed by atoms with Crippen LogP contribution in [0, 0.1) is 40.9 Å². The third kappa shape index (κ3) is 3.11. The molecule has 7 heteroatoms. The maximum Gasteiger partial charge on any atom is 0.235 e. The molecule has 2 aromatic rings. The number of benzene rings is 1. The molecule has 5 aliphatic rings. The Labute approximate surface area is 228 Å². The van der Waals surface area contributed by atoms with Gasteiger partial charge in [0, 0.05) is 30.2 Å². The normalized spacial score (nSPS) is 43.9. The van der Waals surface area contributed by atoms with Gasteiger partial charge in [0.1, 0.15) is 11.2 Å². The van der Waals surface area contributed by atoms with Crippen molar-refractivity contribution >= 4 is 28.4 Å². The molecule has 10 atom stereocenters. The molecule has 2 aliphatic heterocycles. The highest BCUT2D eigenvalue weighted by molar-refractivity contribution is 6.11. The summed E-state index contributed by atoms with van der Waals surface area (Å²) in [6, 6.07) is 7.70. The summed E-state index contributed by atoms with van der Waals surface area (Å²) in [5.74, 6) is -2.58. The van der Waals surface area contributed by atoms with Crippen LogP contribution in [0.5, 0.6) is 0 Å². The number of ketones is 2. The highest BCUT2D eigenvalue weighted by Gasteiger charge is 2.78. The van der Waals surface area contributed by atoms with Crippen molar-refractivity contribution in [2.24, 2.45) is 40.9 Å². The van der Waals surface area contributed by atoms with E-state index < -0.39 is 22.9 Å². The van der Waals surface area contributed by atoms with Crippen molar-refractivity contribution in [3.63, 3.8) is 0 Å². The summed E-state index contributed by atoms with van der Waals surface area (Å²) in [6.07, 6.45) is 6.99. The van der Waals surface area contributed by atoms with Gasteiger partial charge in [-0.15, -0.1) is 5.52 Å². The van der Waals surface area contributed by atoms with E-state index in [2.05, 4.69) is 43.2 Å². The van der Waals surface area contributed by atoms with E-state index in [1.165, 1.54) is 0 Å². The summed E-state index contributed by atoms with van der Waals surface area (Å²) in [7, 11) is 0. The Bertz CT molecular complexity index is 1490. The van der Waals surface area contributed by atoms with Crippen LogP contribution in [0.1, 0.15) is 46.1 Å². The third-order valence-electron chi connectivity index (χ3n) is 11.1. The molecule has 7 rings (SSSR count). The minimum atomic E-state index is -1.32. The van der Waals surface area contributed by atoms with Crippen LogP contribution in [0.15, 0.2) is 53.9 Å². The zero-order valence-corrected chi connectivity index (χ0v) is 22.8. The van der Waals surface area contributed by atoms with Crippen molar-refractivity contribution in [3.8, 4) is 0 Å². The molecule has 204 valence electrons. The SMILES string of the molecule is CC1=C(O)C(=O)[C@@H]2CC(=O)[C@@]34C(=O)N[C@@H](Cc5c[n-]c6ccccc56)[C@@H]3[C@H](C)[C@@]3(C)O[C@H]3[C@@H]4/C=C\C[C@H](C)[C@@H]12. The number of hydrogen-bond donors (Lipinski definition) is 2. The molecule has 3 fully saturated rings. The summed E-state index contributed by atoms with van der Waals surface area (Å²) in [5, 5.41) is 14.9. The first kappa shape index (κ1) is 24.8. The average Bonchev–Trinajstić information content (AvgIpc) is 3.21. The number of epoxide rings is 1. The number of allylic oxidation sites excluding steroid dienone is 3. The second-order valence-electron chi connectivity index (χ2n) is 12.8. The number of Topliss-reactive ketones (excluding diaryl/α,β-unsaturated/α-hetero) is 2. The number of aliphatic hydroxyl groups excluding tert-OH is 1. The van der Waals surface area contributed by atoms with Crippen LogP contribution in [0.2, 0.25) is 0 Å². The van der Waals surface area contributed by atoms with E-state index in [0.29, 0.717) is 18.4 Å². The number of hydrogen-bond acceptors (Lipinski definition) is 5. The van der Waals surface area contributed by atoms with Crippen molar-refractivity contribution in [2.75, 3.05) is 0 Å². The van der Waals surface area contributed by atoms with Gasteiger partial charge in [0.05, 0.1) is 11.7 Å². The number of rotatable bonds is 2. The number of carbonyl (C=O) groups is 3. The second kappa shape index (κ2) is 8.17. The van der Waals surface area contributed by atoms with E-state index in [1.807, 2.05) is 30.5 Å². The fourth-order valence-corrected chi connectivity index (χ4v) is 8.99. The molecular formula is C32H35N2O5-. The molecule has 0 unspecified atom stereocenters. The summed E-state index contributed by atoms with van der Waals surface area (Å²) in [5.41, 5.74) is 0.878. The van der Waals surface area contributed by atoms with Crippen LogP contribution in [0.3, 0.4) is 0 Å². The van der Waals surface area contributed by atoms with Gasteiger partial charge in [0.25, 0.3) is 0 Å². The van der Waals surface area contributed by atoms with E-state index >= 15 is 0 Å². The van der Waals surface area contributed by atoms with Gasteiger partial charge >= 0.3 is 0 Å². The Kier molecular flexibility index (Phi) is 5.20. The molecule has 39 heavy (non-hydrogen) atoms. The molecule has 1 aromatic heterocycles. The molecule has 1 spiro atoms. The lowest BCUT2D eigenvalue weighted by atomic mass is 9.50. The quantitative estimate of drug-likeness (QED) is 0.346. The first-order chi connectivity index (χ1) is 18.6. The molecule has 2 N–H and O–H groups in total. The highest BCUT2D eigenvalue weighted by atomic mass is 16.6. The molecule has 0 bridgehead atoms. The molecule has 7 nitrogen and oxygen atoms in total. The lowest BCUT2D eigenvalue weighted by Gasteiger charge is -2.46. The molecular weight excluding hydrogens is 492 g/mol. The number of nitrogens with zero attached hydrogens (tertiary/aromatic N) is 1. The van der Waals surface area contributed by atoms with E-state index in [1.54, 1.807) is 6.92 Å². The highest BCUT2D eigenvalue weighted by Crippen LogP contribution is 2.66. The van der Waals surface area contributed by atoms with Crippen molar-refractivity contribution in [1.82, 2.24) is 10.3 Å². The first-order valence-electron chi connectivity index (χ1n) is 14.2.